The lowest BCUT2D eigenvalue weighted by Crippen LogP contribution is -1.98. The Morgan fingerprint density at radius 1 is 1.62 bits per heavy atom. The van der Waals surface area contributed by atoms with Crippen LogP contribution in [0.5, 0.6) is 0 Å². The molecule has 0 saturated carbocycles. The van der Waals surface area contributed by atoms with E-state index in [0.29, 0.717) is 12.2 Å². The third kappa shape index (κ3) is 3.21. The highest BCUT2D eigenvalue weighted by Crippen LogP contribution is 2.19. The number of benzene rings is 1. The lowest BCUT2D eigenvalue weighted by Gasteiger charge is -1.97. The van der Waals surface area contributed by atoms with Gasteiger partial charge in [0.15, 0.2) is 0 Å². The topological polar surface area (TPSA) is 30.7 Å². The van der Waals surface area contributed by atoms with Gasteiger partial charge in [-0.2, -0.15) is 0 Å². The highest BCUT2D eigenvalue weighted by atomic mass is 19.1. The normalized spacial score (nSPS) is 10.1. The number of carbonyl (C=O) groups is 1. The molecule has 0 bridgehead atoms. The molecule has 1 aromatic carbocycles. The standard InChI is InChI=1S/C12H10FNO2/c1-3-16-12(15)7-5-9-4-6-10(13)11(8-9)14-2/h4-8H,3H2,1H3/b7-5+. The molecule has 0 atom stereocenters. The number of halogens is 1. The highest BCUT2D eigenvalue weighted by Gasteiger charge is 2.01. The molecule has 82 valence electrons. The van der Waals surface area contributed by atoms with Gasteiger partial charge < -0.3 is 4.74 Å². The van der Waals surface area contributed by atoms with Gasteiger partial charge in [-0.25, -0.2) is 14.0 Å². The van der Waals surface area contributed by atoms with Crippen LogP contribution < -0.4 is 0 Å². The van der Waals surface area contributed by atoms with Crippen molar-refractivity contribution in [2.24, 2.45) is 0 Å². The molecule has 0 aromatic heterocycles. The van der Waals surface area contributed by atoms with Crippen molar-refractivity contribution in [3.63, 3.8) is 0 Å². The molecule has 4 heteroatoms. The van der Waals surface area contributed by atoms with Gasteiger partial charge in [0.2, 0.25) is 5.69 Å². The summed E-state index contributed by atoms with van der Waals surface area (Å²) in [6.07, 6.45) is 2.72. The first kappa shape index (κ1) is 11.9. The van der Waals surface area contributed by atoms with Crippen molar-refractivity contribution in [3.8, 4) is 0 Å². The van der Waals surface area contributed by atoms with Gasteiger partial charge in [0.05, 0.1) is 13.2 Å². The van der Waals surface area contributed by atoms with Gasteiger partial charge >= 0.3 is 5.97 Å². The van der Waals surface area contributed by atoms with Crippen LogP contribution in [-0.4, -0.2) is 12.6 Å². The summed E-state index contributed by atoms with van der Waals surface area (Å²) in [7, 11) is 0. The zero-order chi connectivity index (χ0) is 12.0. The van der Waals surface area contributed by atoms with Crippen molar-refractivity contribution >= 4 is 17.7 Å². The van der Waals surface area contributed by atoms with E-state index in [4.69, 9.17) is 6.57 Å². The third-order valence-electron chi connectivity index (χ3n) is 1.79. The second-order valence-electron chi connectivity index (χ2n) is 2.91. The van der Waals surface area contributed by atoms with Crippen LogP contribution in [0.2, 0.25) is 0 Å². The molecule has 0 radical (unpaired) electrons. The SMILES string of the molecule is [C-]#[N+]c1cc(/C=C/C(=O)OCC)ccc1F. The molecule has 0 aliphatic rings. The fraction of sp³-hybridized carbons (Fsp3) is 0.167. The van der Waals surface area contributed by atoms with Crippen LogP contribution in [0.15, 0.2) is 24.3 Å². The number of rotatable bonds is 3. The number of ether oxygens (including phenoxy) is 1. The monoisotopic (exact) mass is 219 g/mol. The largest absolute Gasteiger partial charge is 0.463 e. The first-order valence-corrected chi connectivity index (χ1v) is 4.69. The van der Waals surface area contributed by atoms with Crippen molar-refractivity contribution in [1.82, 2.24) is 0 Å². The Hall–Kier alpha value is -2.15. The Morgan fingerprint density at radius 3 is 3.00 bits per heavy atom. The van der Waals surface area contributed by atoms with Crippen LogP contribution in [0, 0.1) is 12.4 Å². The minimum atomic E-state index is -0.566. The Kier molecular flexibility index (Phi) is 4.22. The van der Waals surface area contributed by atoms with Crippen LogP contribution >= 0.6 is 0 Å². The average molecular weight is 219 g/mol. The van der Waals surface area contributed by atoms with E-state index in [1.807, 2.05) is 0 Å². The van der Waals surface area contributed by atoms with Gasteiger partial charge in [0, 0.05) is 6.08 Å². The van der Waals surface area contributed by atoms with E-state index in [0.717, 1.165) is 0 Å². The predicted octanol–water partition coefficient (Wildman–Crippen LogP) is 2.95. The van der Waals surface area contributed by atoms with Crippen molar-refractivity contribution in [3.05, 3.63) is 47.1 Å². The Labute approximate surface area is 93.0 Å². The lowest BCUT2D eigenvalue weighted by molar-refractivity contribution is -0.137. The molecular weight excluding hydrogens is 209 g/mol. The van der Waals surface area contributed by atoms with E-state index in [-0.39, 0.29) is 5.69 Å². The first-order chi connectivity index (χ1) is 7.67. The van der Waals surface area contributed by atoms with E-state index in [1.165, 1.54) is 30.4 Å². The summed E-state index contributed by atoms with van der Waals surface area (Å²) < 4.78 is 17.6. The van der Waals surface area contributed by atoms with Gasteiger partial charge in [-0.05, 0) is 30.7 Å². The van der Waals surface area contributed by atoms with Crippen LogP contribution in [0.25, 0.3) is 10.9 Å². The molecule has 1 rings (SSSR count). The predicted molar refractivity (Wildman–Crippen MR) is 58.3 cm³/mol. The van der Waals surface area contributed by atoms with Crippen LogP contribution in [0.1, 0.15) is 12.5 Å². The fourth-order valence-electron chi connectivity index (χ4n) is 1.07. The van der Waals surface area contributed by atoms with Crippen molar-refractivity contribution in [1.29, 1.82) is 0 Å². The maximum Gasteiger partial charge on any atom is 0.330 e. The second kappa shape index (κ2) is 5.66. The van der Waals surface area contributed by atoms with Crippen molar-refractivity contribution in [2.75, 3.05) is 6.61 Å². The van der Waals surface area contributed by atoms with Gasteiger partial charge in [-0.1, -0.05) is 6.07 Å². The minimum Gasteiger partial charge on any atom is -0.463 e. The van der Waals surface area contributed by atoms with Crippen LogP contribution in [-0.2, 0) is 9.53 Å². The molecule has 0 aliphatic carbocycles. The third-order valence-corrected chi connectivity index (χ3v) is 1.79. The summed E-state index contributed by atoms with van der Waals surface area (Å²) in [4.78, 5) is 14.0. The molecule has 0 fully saturated rings. The fourth-order valence-corrected chi connectivity index (χ4v) is 1.07. The minimum absolute atomic E-state index is 0.0639. The van der Waals surface area contributed by atoms with Gasteiger partial charge in [0.25, 0.3) is 0 Å². The number of hydrogen-bond acceptors (Lipinski definition) is 2. The van der Waals surface area contributed by atoms with Crippen molar-refractivity contribution in [2.45, 2.75) is 6.92 Å². The maximum absolute atomic E-state index is 13.0. The smallest absolute Gasteiger partial charge is 0.330 e. The number of nitrogens with zero attached hydrogens (tertiary/aromatic N) is 1. The molecule has 0 N–H and O–H groups in total. The Balaban J connectivity index is 2.83. The highest BCUT2D eigenvalue weighted by molar-refractivity contribution is 5.87. The Morgan fingerprint density at radius 2 is 2.38 bits per heavy atom. The summed E-state index contributed by atoms with van der Waals surface area (Å²) >= 11 is 0. The molecule has 0 aliphatic heterocycles. The summed E-state index contributed by atoms with van der Waals surface area (Å²) in [5.41, 5.74) is 0.520. The number of hydrogen-bond donors (Lipinski definition) is 0. The summed E-state index contributed by atoms with van der Waals surface area (Å²) in [5, 5.41) is 0. The van der Waals surface area contributed by atoms with E-state index >= 15 is 0 Å². The van der Waals surface area contributed by atoms with E-state index in [2.05, 4.69) is 9.58 Å². The molecular formula is C12H10FNO2. The van der Waals surface area contributed by atoms with Gasteiger partial charge in [0.1, 0.15) is 5.82 Å². The number of carbonyl (C=O) groups excluding carboxylic acids is 1. The molecule has 0 amide bonds. The molecule has 16 heavy (non-hydrogen) atoms. The Bertz CT molecular complexity index is 461. The first-order valence-electron chi connectivity index (χ1n) is 4.69. The summed E-state index contributed by atoms with van der Waals surface area (Å²) in [6, 6.07) is 4.05. The molecule has 3 nitrogen and oxygen atoms in total. The number of esters is 1. The van der Waals surface area contributed by atoms with E-state index < -0.39 is 11.8 Å². The molecule has 1 aromatic rings. The molecule has 0 heterocycles. The van der Waals surface area contributed by atoms with E-state index in [1.54, 1.807) is 6.92 Å². The second-order valence-corrected chi connectivity index (χ2v) is 2.91. The summed E-state index contributed by atoms with van der Waals surface area (Å²) in [5.74, 6) is -1.03. The lowest BCUT2D eigenvalue weighted by atomic mass is 10.2. The zero-order valence-electron chi connectivity index (χ0n) is 8.74. The van der Waals surface area contributed by atoms with Crippen LogP contribution in [0.3, 0.4) is 0 Å². The van der Waals surface area contributed by atoms with Crippen molar-refractivity contribution < 1.29 is 13.9 Å². The van der Waals surface area contributed by atoms with E-state index in [9.17, 15) is 9.18 Å². The zero-order valence-corrected chi connectivity index (χ0v) is 8.74. The molecule has 0 spiro atoms. The van der Waals surface area contributed by atoms with Gasteiger partial charge in [-0.3, -0.25) is 0 Å². The molecule has 0 saturated heterocycles. The maximum atomic E-state index is 13.0. The van der Waals surface area contributed by atoms with Gasteiger partial charge in [-0.15, -0.1) is 0 Å². The quantitative estimate of drug-likeness (QED) is 0.444. The van der Waals surface area contributed by atoms with Crippen LogP contribution in [0.4, 0.5) is 10.1 Å². The molecule has 0 unspecified atom stereocenters. The average Bonchev–Trinajstić information content (AvgIpc) is 2.28. The summed E-state index contributed by atoms with van der Waals surface area (Å²) in [6.45, 7) is 8.75.